The van der Waals surface area contributed by atoms with Crippen LogP contribution in [0.25, 0.3) is 5.57 Å². The van der Waals surface area contributed by atoms with Gasteiger partial charge in [-0.05, 0) is 42.8 Å². The summed E-state index contributed by atoms with van der Waals surface area (Å²) in [6, 6.07) is 21.4. The fourth-order valence-corrected chi connectivity index (χ4v) is 3.51. The van der Waals surface area contributed by atoms with E-state index in [4.69, 9.17) is 16.3 Å². The second-order valence-electron chi connectivity index (χ2n) is 6.90. The predicted molar refractivity (Wildman–Crippen MR) is 119 cm³/mol. The van der Waals surface area contributed by atoms with Crippen LogP contribution in [0.5, 0.6) is 5.75 Å². The Morgan fingerprint density at radius 1 is 0.900 bits per heavy atom. The molecule has 0 saturated heterocycles. The van der Waals surface area contributed by atoms with Crippen LogP contribution < -0.4 is 15.0 Å². The van der Waals surface area contributed by atoms with Crippen LogP contribution in [-0.4, -0.2) is 18.9 Å². The van der Waals surface area contributed by atoms with Gasteiger partial charge in [0.2, 0.25) is 0 Å². The summed E-state index contributed by atoms with van der Waals surface area (Å²) in [7, 11) is 1.57. The highest BCUT2D eigenvalue weighted by molar-refractivity contribution is 6.46. The molecule has 3 aromatic carbocycles. The van der Waals surface area contributed by atoms with Crippen LogP contribution in [-0.2, 0) is 9.59 Å². The Kier molecular flexibility index (Phi) is 5.29. The van der Waals surface area contributed by atoms with E-state index >= 15 is 0 Å². The molecule has 0 radical (unpaired) electrons. The molecule has 0 spiro atoms. The first-order chi connectivity index (χ1) is 14.5. The molecule has 3 aromatic rings. The van der Waals surface area contributed by atoms with Gasteiger partial charge in [-0.1, -0.05) is 53.6 Å². The molecule has 0 saturated carbocycles. The van der Waals surface area contributed by atoms with Crippen molar-refractivity contribution in [2.75, 3.05) is 17.3 Å². The van der Waals surface area contributed by atoms with Gasteiger partial charge in [0.25, 0.3) is 11.8 Å². The molecule has 0 atom stereocenters. The van der Waals surface area contributed by atoms with E-state index < -0.39 is 11.8 Å². The molecule has 0 fully saturated rings. The number of imide groups is 1. The molecular formula is C24H19ClN2O3. The summed E-state index contributed by atoms with van der Waals surface area (Å²) in [6.45, 7) is 1.97. The van der Waals surface area contributed by atoms with E-state index in [9.17, 15) is 9.59 Å². The van der Waals surface area contributed by atoms with Crippen LogP contribution in [0.4, 0.5) is 11.4 Å². The summed E-state index contributed by atoms with van der Waals surface area (Å²) in [6.07, 6.45) is 0. The number of nitrogens with one attached hydrogen (secondary N) is 1. The lowest BCUT2D eigenvalue weighted by molar-refractivity contribution is -0.120. The number of hydrogen-bond donors (Lipinski definition) is 1. The Balaban J connectivity index is 1.82. The van der Waals surface area contributed by atoms with Crippen LogP contribution in [0, 0.1) is 6.92 Å². The normalized spacial score (nSPS) is 13.8. The third-order valence-corrected chi connectivity index (χ3v) is 5.06. The van der Waals surface area contributed by atoms with E-state index in [0.29, 0.717) is 33.3 Å². The Morgan fingerprint density at radius 2 is 1.63 bits per heavy atom. The molecule has 1 N–H and O–H groups in total. The van der Waals surface area contributed by atoms with Crippen LogP contribution in [0.2, 0.25) is 5.02 Å². The average molecular weight is 419 g/mol. The summed E-state index contributed by atoms with van der Waals surface area (Å²) in [5.41, 5.74) is 3.30. The van der Waals surface area contributed by atoms with Crippen molar-refractivity contribution in [1.82, 2.24) is 0 Å². The predicted octanol–water partition coefficient (Wildman–Crippen LogP) is 5.05. The number of hydrogen-bond acceptors (Lipinski definition) is 4. The standard InChI is InChI=1S/C24H19ClN2O3/c1-15-9-11-16(12-10-15)21-22(26-18-6-4-8-20(14-18)30-2)24(29)27(23(21)28)19-7-3-5-17(25)13-19/h3-14,26H,1-2H3. The number of methoxy groups -OCH3 is 1. The average Bonchev–Trinajstić information content (AvgIpc) is 2.98. The maximum Gasteiger partial charge on any atom is 0.282 e. The molecule has 0 unspecified atom stereocenters. The Labute approximate surface area is 179 Å². The number of benzene rings is 3. The summed E-state index contributed by atoms with van der Waals surface area (Å²) in [4.78, 5) is 27.9. The number of ether oxygens (including phenoxy) is 1. The maximum atomic E-state index is 13.4. The van der Waals surface area contributed by atoms with Crippen LogP contribution in [0.1, 0.15) is 11.1 Å². The first-order valence-corrected chi connectivity index (χ1v) is 9.72. The topological polar surface area (TPSA) is 58.6 Å². The molecule has 30 heavy (non-hydrogen) atoms. The van der Waals surface area contributed by atoms with E-state index in [0.717, 1.165) is 10.5 Å². The molecule has 4 rings (SSSR count). The number of carbonyl (C=O) groups excluding carboxylic acids is 2. The molecule has 0 bridgehead atoms. The lowest BCUT2D eigenvalue weighted by Gasteiger charge is -2.15. The molecule has 0 aromatic heterocycles. The largest absolute Gasteiger partial charge is 0.497 e. The highest BCUT2D eigenvalue weighted by atomic mass is 35.5. The maximum absolute atomic E-state index is 13.4. The monoisotopic (exact) mass is 418 g/mol. The quantitative estimate of drug-likeness (QED) is 0.589. The molecule has 150 valence electrons. The molecule has 1 heterocycles. The van der Waals surface area contributed by atoms with E-state index in [1.807, 2.05) is 43.3 Å². The van der Waals surface area contributed by atoms with Crippen molar-refractivity contribution in [3.63, 3.8) is 0 Å². The minimum Gasteiger partial charge on any atom is -0.497 e. The van der Waals surface area contributed by atoms with Crippen molar-refractivity contribution < 1.29 is 14.3 Å². The van der Waals surface area contributed by atoms with Gasteiger partial charge >= 0.3 is 0 Å². The van der Waals surface area contributed by atoms with Gasteiger partial charge in [-0.3, -0.25) is 9.59 Å². The van der Waals surface area contributed by atoms with Gasteiger partial charge in [0.15, 0.2) is 0 Å². The fourth-order valence-electron chi connectivity index (χ4n) is 3.33. The number of anilines is 2. The lowest BCUT2D eigenvalue weighted by atomic mass is 10.0. The van der Waals surface area contributed by atoms with Gasteiger partial charge in [0.05, 0.1) is 18.4 Å². The highest BCUT2D eigenvalue weighted by Crippen LogP contribution is 2.35. The van der Waals surface area contributed by atoms with Crippen molar-refractivity contribution >= 4 is 40.4 Å². The third kappa shape index (κ3) is 3.67. The number of halogens is 1. The second-order valence-corrected chi connectivity index (χ2v) is 7.34. The van der Waals surface area contributed by atoms with Crippen LogP contribution in [0.15, 0.2) is 78.5 Å². The minimum absolute atomic E-state index is 0.206. The molecule has 1 aliphatic rings. The summed E-state index contributed by atoms with van der Waals surface area (Å²) in [5.74, 6) is -0.210. The summed E-state index contributed by atoms with van der Waals surface area (Å²) < 4.78 is 5.26. The first-order valence-electron chi connectivity index (χ1n) is 9.34. The molecule has 0 aliphatic carbocycles. The Hall–Kier alpha value is -3.57. The number of aryl methyl sites for hydroxylation is 1. The van der Waals surface area contributed by atoms with Gasteiger partial charge in [0.1, 0.15) is 11.4 Å². The van der Waals surface area contributed by atoms with E-state index in [1.54, 1.807) is 43.5 Å². The zero-order valence-electron chi connectivity index (χ0n) is 16.5. The zero-order chi connectivity index (χ0) is 21.3. The van der Waals surface area contributed by atoms with Crippen LogP contribution >= 0.6 is 11.6 Å². The van der Waals surface area contributed by atoms with Gasteiger partial charge in [-0.2, -0.15) is 0 Å². The van der Waals surface area contributed by atoms with E-state index in [-0.39, 0.29) is 5.70 Å². The second kappa shape index (κ2) is 8.05. The fraction of sp³-hybridized carbons (Fsp3) is 0.0833. The van der Waals surface area contributed by atoms with Crippen LogP contribution in [0.3, 0.4) is 0 Å². The van der Waals surface area contributed by atoms with E-state index in [2.05, 4.69) is 5.32 Å². The molecule has 5 nitrogen and oxygen atoms in total. The molecule has 1 aliphatic heterocycles. The third-order valence-electron chi connectivity index (χ3n) is 4.83. The number of rotatable bonds is 5. The van der Waals surface area contributed by atoms with Crippen molar-refractivity contribution in [2.45, 2.75) is 6.92 Å². The van der Waals surface area contributed by atoms with Gasteiger partial charge in [-0.15, -0.1) is 0 Å². The first kappa shape index (κ1) is 19.7. The lowest BCUT2D eigenvalue weighted by Crippen LogP contribution is -2.32. The van der Waals surface area contributed by atoms with E-state index in [1.165, 1.54) is 0 Å². The SMILES string of the molecule is COc1cccc(NC2=C(c3ccc(C)cc3)C(=O)N(c3cccc(Cl)c3)C2=O)c1. The zero-order valence-corrected chi connectivity index (χ0v) is 17.2. The Bertz CT molecular complexity index is 1170. The van der Waals surface area contributed by atoms with Crippen molar-refractivity contribution in [2.24, 2.45) is 0 Å². The van der Waals surface area contributed by atoms with Crippen molar-refractivity contribution in [3.8, 4) is 5.75 Å². The molecule has 6 heteroatoms. The number of amides is 2. The highest BCUT2D eigenvalue weighted by Gasteiger charge is 2.40. The van der Waals surface area contributed by atoms with Crippen molar-refractivity contribution in [3.05, 3.63) is 94.6 Å². The number of carbonyl (C=O) groups is 2. The molecular weight excluding hydrogens is 400 g/mol. The summed E-state index contributed by atoms with van der Waals surface area (Å²) >= 11 is 6.10. The smallest absolute Gasteiger partial charge is 0.282 e. The van der Waals surface area contributed by atoms with Gasteiger partial charge in [-0.25, -0.2) is 4.90 Å². The minimum atomic E-state index is -0.444. The van der Waals surface area contributed by atoms with Crippen molar-refractivity contribution in [1.29, 1.82) is 0 Å². The molecule has 2 amide bonds. The van der Waals surface area contributed by atoms with Gasteiger partial charge in [0, 0.05) is 16.8 Å². The summed E-state index contributed by atoms with van der Waals surface area (Å²) in [5, 5.41) is 3.57. The van der Waals surface area contributed by atoms with Gasteiger partial charge < -0.3 is 10.1 Å². The Morgan fingerprint density at radius 3 is 2.33 bits per heavy atom. The number of nitrogens with zero attached hydrogens (tertiary/aromatic N) is 1.